The highest BCUT2D eigenvalue weighted by atomic mass is 16.5. The van der Waals surface area contributed by atoms with Gasteiger partial charge < -0.3 is 15.8 Å². The van der Waals surface area contributed by atoms with Crippen molar-refractivity contribution < 1.29 is 4.74 Å². The number of rotatable bonds is 7. The number of hydrogen-bond acceptors (Lipinski definition) is 6. The first kappa shape index (κ1) is 16.2. The van der Waals surface area contributed by atoms with Gasteiger partial charge in [0.15, 0.2) is 11.2 Å². The second-order valence-electron chi connectivity index (χ2n) is 5.03. The molecule has 0 aliphatic heterocycles. The normalized spacial score (nSPS) is 11.3. The molecule has 0 aliphatic rings. The predicted octanol–water partition coefficient (Wildman–Crippen LogP) is -1.16. The molecule has 0 bridgehead atoms. The van der Waals surface area contributed by atoms with Crippen molar-refractivity contribution in [2.75, 3.05) is 32.1 Å². The number of aromatic nitrogens is 4. The molecule has 0 fully saturated rings. The third-order valence-corrected chi connectivity index (χ3v) is 3.52. The molecule has 2 aromatic heterocycles. The predicted molar refractivity (Wildman–Crippen MR) is 84.3 cm³/mol. The van der Waals surface area contributed by atoms with E-state index in [1.807, 2.05) is 0 Å². The number of aryl methyl sites for hydroxylation is 1. The lowest BCUT2D eigenvalue weighted by molar-refractivity contribution is 0.188. The zero-order valence-corrected chi connectivity index (χ0v) is 13.1. The number of fused-ring (bicyclic) bond motifs is 1. The van der Waals surface area contributed by atoms with Gasteiger partial charge in [0, 0.05) is 27.7 Å². The van der Waals surface area contributed by atoms with Crippen LogP contribution in [0.15, 0.2) is 9.59 Å². The molecule has 2 aromatic rings. The topological polar surface area (TPSA) is 109 Å². The van der Waals surface area contributed by atoms with Crippen LogP contribution in [-0.2, 0) is 25.4 Å². The smallest absolute Gasteiger partial charge is 0.332 e. The average molecular weight is 310 g/mol. The van der Waals surface area contributed by atoms with Crippen LogP contribution in [0.5, 0.6) is 0 Å². The molecule has 0 unspecified atom stereocenters. The second kappa shape index (κ2) is 6.75. The van der Waals surface area contributed by atoms with Crippen LogP contribution >= 0.6 is 0 Å². The molecule has 2 heterocycles. The molecule has 0 aliphatic carbocycles. The average Bonchev–Trinajstić information content (AvgIpc) is 2.88. The maximum atomic E-state index is 12.3. The highest BCUT2D eigenvalue weighted by Crippen LogP contribution is 2.15. The van der Waals surface area contributed by atoms with E-state index in [0.29, 0.717) is 37.8 Å². The number of nitrogens with zero attached hydrogens (tertiary/aromatic N) is 4. The van der Waals surface area contributed by atoms with E-state index >= 15 is 0 Å². The van der Waals surface area contributed by atoms with E-state index in [1.165, 1.54) is 11.6 Å². The number of hydrogen-bond donors (Lipinski definition) is 2. The molecule has 0 spiro atoms. The summed E-state index contributed by atoms with van der Waals surface area (Å²) in [6.07, 6.45) is 0.782. The number of nitrogens with one attached hydrogen (secondary N) is 1. The van der Waals surface area contributed by atoms with E-state index in [0.717, 1.165) is 11.0 Å². The summed E-state index contributed by atoms with van der Waals surface area (Å²) < 4.78 is 9.37. The molecule has 2 rings (SSSR count). The number of imidazole rings is 1. The van der Waals surface area contributed by atoms with Gasteiger partial charge in [0.05, 0.1) is 13.2 Å². The van der Waals surface area contributed by atoms with Crippen molar-refractivity contribution in [3.63, 3.8) is 0 Å². The largest absolute Gasteiger partial charge is 0.383 e. The number of methoxy groups -OCH3 is 1. The zero-order valence-electron chi connectivity index (χ0n) is 13.1. The number of ether oxygens (including phenoxy) is 1. The fourth-order valence-electron chi connectivity index (χ4n) is 2.32. The molecule has 0 amide bonds. The third kappa shape index (κ3) is 2.77. The fourth-order valence-corrected chi connectivity index (χ4v) is 2.32. The summed E-state index contributed by atoms with van der Waals surface area (Å²) in [6.45, 7) is 2.13. The summed E-state index contributed by atoms with van der Waals surface area (Å²) in [5.41, 5.74) is 5.44. The van der Waals surface area contributed by atoms with E-state index in [-0.39, 0.29) is 11.2 Å². The van der Waals surface area contributed by atoms with Crippen LogP contribution < -0.4 is 22.3 Å². The molecule has 0 aromatic carbocycles. The maximum absolute atomic E-state index is 12.3. The van der Waals surface area contributed by atoms with Crippen LogP contribution in [0.25, 0.3) is 11.2 Å². The van der Waals surface area contributed by atoms with Crippen LogP contribution in [-0.4, -0.2) is 45.5 Å². The van der Waals surface area contributed by atoms with Gasteiger partial charge in [-0.25, -0.2) is 9.78 Å². The van der Waals surface area contributed by atoms with E-state index in [4.69, 9.17) is 10.5 Å². The van der Waals surface area contributed by atoms with Gasteiger partial charge in [0.1, 0.15) is 0 Å². The minimum absolute atomic E-state index is 0.260. The Balaban J connectivity index is 2.64. The van der Waals surface area contributed by atoms with Crippen molar-refractivity contribution in [2.45, 2.75) is 13.0 Å². The molecule has 22 heavy (non-hydrogen) atoms. The zero-order chi connectivity index (χ0) is 16.3. The SMILES string of the molecule is COCCn1c(NCCCN)nc2c(=O)n(C)c(=O)n(C)c21. The summed E-state index contributed by atoms with van der Waals surface area (Å²) in [5.74, 6) is 0.541. The van der Waals surface area contributed by atoms with E-state index < -0.39 is 5.56 Å². The monoisotopic (exact) mass is 310 g/mol. The summed E-state index contributed by atoms with van der Waals surface area (Å²) >= 11 is 0. The summed E-state index contributed by atoms with van der Waals surface area (Å²) in [6, 6.07) is 0. The molecule has 122 valence electrons. The molecule has 9 nitrogen and oxygen atoms in total. The third-order valence-electron chi connectivity index (χ3n) is 3.52. The van der Waals surface area contributed by atoms with Crippen molar-refractivity contribution in [3.8, 4) is 0 Å². The molecular weight excluding hydrogens is 288 g/mol. The van der Waals surface area contributed by atoms with E-state index in [2.05, 4.69) is 10.3 Å². The van der Waals surface area contributed by atoms with Crippen molar-refractivity contribution in [1.29, 1.82) is 0 Å². The summed E-state index contributed by atoms with van der Waals surface area (Å²) in [7, 11) is 4.66. The quantitative estimate of drug-likeness (QED) is 0.624. The molecule has 0 saturated heterocycles. The van der Waals surface area contributed by atoms with Gasteiger partial charge in [-0.3, -0.25) is 18.5 Å². The molecule has 0 radical (unpaired) electrons. The van der Waals surface area contributed by atoms with Crippen LogP contribution in [0.4, 0.5) is 5.95 Å². The van der Waals surface area contributed by atoms with Gasteiger partial charge >= 0.3 is 5.69 Å². The van der Waals surface area contributed by atoms with Crippen LogP contribution in [0.1, 0.15) is 6.42 Å². The van der Waals surface area contributed by atoms with Gasteiger partial charge in [0.25, 0.3) is 5.56 Å². The lowest BCUT2D eigenvalue weighted by Crippen LogP contribution is -2.37. The minimum Gasteiger partial charge on any atom is -0.383 e. The van der Waals surface area contributed by atoms with E-state index in [9.17, 15) is 9.59 Å². The van der Waals surface area contributed by atoms with Crippen LogP contribution in [0.2, 0.25) is 0 Å². The van der Waals surface area contributed by atoms with Gasteiger partial charge in [-0.2, -0.15) is 0 Å². The second-order valence-corrected chi connectivity index (χ2v) is 5.03. The Morgan fingerprint density at radius 3 is 2.64 bits per heavy atom. The first-order valence-corrected chi connectivity index (χ1v) is 7.12. The molecule has 0 atom stereocenters. The summed E-state index contributed by atoms with van der Waals surface area (Å²) in [5, 5.41) is 3.16. The standard InChI is InChI=1S/C13H22N6O3/c1-17-10-9(11(20)18(2)13(17)21)16-12(15-6-4-5-14)19(10)7-8-22-3/h4-8,14H2,1-3H3,(H,15,16). The molecule has 3 N–H and O–H groups in total. The first-order chi connectivity index (χ1) is 10.5. The van der Waals surface area contributed by atoms with Crippen molar-refractivity contribution >= 4 is 17.1 Å². The Morgan fingerprint density at radius 1 is 1.27 bits per heavy atom. The van der Waals surface area contributed by atoms with Crippen molar-refractivity contribution in [3.05, 3.63) is 20.8 Å². The van der Waals surface area contributed by atoms with Gasteiger partial charge in [-0.05, 0) is 13.0 Å². The fraction of sp³-hybridized carbons (Fsp3) is 0.615. The highest BCUT2D eigenvalue weighted by molar-refractivity contribution is 5.74. The van der Waals surface area contributed by atoms with Crippen LogP contribution in [0.3, 0.4) is 0 Å². The Bertz CT molecular complexity index is 773. The Kier molecular flexibility index (Phi) is 4.99. The van der Waals surface area contributed by atoms with Crippen molar-refractivity contribution in [1.82, 2.24) is 18.7 Å². The lowest BCUT2D eigenvalue weighted by Gasteiger charge is -2.11. The molecular formula is C13H22N6O3. The Hall–Kier alpha value is -2.13. The number of anilines is 1. The van der Waals surface area contributed by atoms with Crippen LogP contribution in [0, 0.1) is 0 Å². The minimum atomic E-state index is -0.406. The van der Waals surface area contributed by atoms with E-state index in [1.54, 1.807) is 18.7 Å². The Labute approximate surface area is 127 Å². The Morgan fingerprint density at radius 2 is 2.00 bits per heavy atom. The van der Waals surface area contributed by atoms with Gasteiger partial charge in [-0.15, -0.1) is 0 Å². The maximum Gasteiger partial charge on any atom is 0.332 e. The molecule has 9 heteroatoms. The molecule has 0 saturated carbocycles. The van der Waals surface area contributed by atoms with Crippen molar-refractivity contribution in [2.24, 2.45) is 19.8 Å². The highest BCUT2D eigenvalue weighted by Gasteiger charge is 2.18. The number of nitrogens with two attached hydrogens (primary N) is 1. The van der Waals surface area contributed by atoms with Gasteiger partial charge in [-0.1, -0.05) is 0 Å². The first-order valence-electron chi connectivity index (χ1n) is 7.12. The lowest BCUT2D eigenvalue weighted by atomic mass is 10.4. The van der Waals surface area contributed by atoms with Gasteiger partial charge in [0.2, 0.25) is 5.95 Å². The summed E-state index contributed by atoms with van der Waals surface area (Å²) in [4.78, 5) is 28.7.